The van der Waals surface area contributed by atoms with Gasteiger partial charge in [0, 0.05) is 24.3 Å². The number of nitrogen functional groups attached to an aromatic ring is 1. The van der Waals surface area contributed by atoms with Crippen molar-refractivity contribution in [1.29, 1.82) is 5.41 Å². The van der Waals surface area contributed by atoms with Crippen molar-refractivity contribution in [3.05, 3.63) is 41.2 Å². The van der Waals surface area contributed by atoms with E-state index in [1.54, 1.807) is 11.8 Å². The minimum absolute atomic E-state index is 0.108. The Morgan fingerprint density at radius 3 is 2.76 bits per heavy atom. The zero-order chi connectivity index (χ0) is 14.7. The molecule has 1 aliphatic rings. The Balaban J connectivity index is 1.67. The second-order valence-electron chi connectivity index (χ2n) is 5.26. The minimum atomic E-state index is 0.108. The van der Waals surface area contributed by atoms with Crippen LogP contribution in [-0.4, -0.2) is 20.6 Å². The number of hydrogen-bond donors (Lipinski definition) is 2. The van der Waals surface area contributed by atoms with Gasteiger partial charge >= 0.3 is 0 Å². The van der Waals surface area contributed by atoms with Crippen LogP contribution in [0.15, 0.2) is 29.4 Å². The van der Waals surface area contributed by atoms with Crippen LogP contribution < -0.4 is 5.73 Å². The summed E-state index contributed by atoms with van der Waals surface area (Å²) in [5, 5.41) is 17.0. The zero-order valence-corrected chi connectivity index (χ0v) is 12.7. The van der Waals surface area contributed by atoms with E-state index >= 15 is 0 Å². The third-order valence-electron chi connectivity index (χ3n) is 3.71. The van der Waals surface area contributed by atoms with Gasteiger partial charge in [0.15, 0.2) is 5.16 Å². The van der Waals surface area contributed by atoms with Gasteiger partial charge in [-0.2, -0.15) is 0 Å². The number of fused-ring (bicyclic) bond motifs is 1. The van der Waals surface area contributed by atoms with Crippen molar-refractivity contribution in [3.8, 4) is 0 Å². The molecule has 0 saturated carbocycles. The van der Waals surface area contributed by atoms with E-state index in [0.29, 0.717) is 0 Å². The van der Waals surface area contributed by atoms with Crippen molar-refractivity contribution in [2.75, 3.05) is 0 Å². The van der Waals surface area contributed by atoms with Crippen molar-refractivity contribution < 1.29 is 0 Å². The predicted octanol–water partition coefficient (Wildman–Crippen LogP) is 2.58. The van der Waals surface area contributed by atoms with Gasteiger partial charge in [0.25, 0.3) is 0 Å². The summed E-state index contributed by atoms with van der Waals surface area (Å²) >= 11 is 1.72. The molecule has 3 rings (SSSR count). The highest BCUT2D eigenvalue weighted by Gasteiger charge is 2.14. The summed E-state index contributed by atoms with van der Waals surface area (Å²) in [4.78, 5) is 0. The Labute approximate surface area is 128 Å². The topological polar surface area (TPSA) is 80.6 Å². The van der Waals surface area contributed by atoms with Gasteiger partial charge in [-0.1, -0.05) is 42.4 Å². The number of rotatable bonds is 4. The third kappa shape index (κ3) is 3.26. The summed E-state index contributed by atoms with van der Waals surface area (Å²) in [7, 11) is 0. The molecule has 1 aromatic heterocycles. The molecule has 0 radical (unpaired) electrons. The first-order valence-electron chi connectivity index (χ1n) is 7.22. The van der Waals surface area contributed by atoms with Crippen molar-refractivity contribution in [2.45, 2.75) is 43.1 Å². The van der Waals surface area contributed by atoms with Gasteiger partial charge < -0.3 is 10.3 Å². The number of aryl methyl sites for hydroxylation is 1. The fourth-order valence-electron chi connectivity index (χ4n) is 2.49. The number of amidine groups is 1. The van der Waals surface area contributed by atoms with Gasteiger partial charge in [0.05, 0.1) is 0 Å². The number of benzene rings is 1. The average Bonchev–Trinajstić information content (AvgIpc) is 2.72. The smallest absolute Gasteiger partial charge is 0.191 e. The van der Waals surface area contributed by atoms with Crippen LogP contribution in [0.1, 0.15) is 36.2 Å². The summed E-state index contributed by atoms with van der Waals surface area (Å²) in [5.41, 5.74) is 7.43. The van der Waals surface area contributed by atoms with Crippen LogP contribution >= 0.6 is 11.8 Å². The van der Waals surface area contributed by atoms with E-state index in [4.69, 9.17) is 11.1 Å². The SMILES string of the molecule is N=C(N)c1ccc(CSc2nnc3n2CCCCC3)cc1. The Morgan fingerprint density at radius 2 is 2.00 bits per heavy atom. The third-order valence-corrected chi connectivity index (χ3v) is 4.75. The van der Waals surface area contributed by atoms with Crippen molar-refractivity contribution in [3.63, 3.8) is 0 Å². The molecular formula is C15H19N5S. The molecule has 0 aliphatic carbocycles. The van der Waals surface area contributed by atoms with Gasteiger partial charge in [-0.25, -0.2) is 0 Å². The molecule has 1 aromatic carbocycles. The fourth-order valence-corrected chi connectivity index (χ4v) is 3.43. The molecular weight excluding hydrogens is 282 g/mol. The first-order chi connectivity index (χ1) is 10.2. The molecule has 0 fully saturated rings. The number of aromatic nitrogens is 3. The van der Waals surface area contributed by atoms with Gasteiger partial charge in [0.1, 0.15) is 11.7 Å². The van der Waals surface area contributed by atoms with Crippen LogP contribution in [-0.2, 0) is 18.7 Å². The second-order valence-corrected chi connectivity index (χ2v) is 6.20. The lowest BCUT2D eigenvalue weighted by Gasteiger charge is -2.06. The minimum Gasteiger partial charge on any atom is -0.384 e. The van der Waals surface area contributed by atoms with E-state index in [-0.39, 0.29) is 5.84 Å². The Kier molecular flexibility index (Phi) is 4.24. The average molecular weight is 301 g/mol. The summed E-state index contributed by atoms with van der Waals surface area (Å²) in [6, 6.07) is 7.82. The highest BCUT2D eigenvalue weighted by atomic mass is 32.2. The molecule has 0 spiro atoms. The molecule has 2 heterocycles. The molecule has 0 unspecified atom stereocenters. The van der Waals surface area contributed by atoms with Crippen LogP contribution in [0, 0.1) is 5.41 Å². The van der Waals surface area contributed by atoms with Crippen molar-refractivity contribution in [1.82, 2.24) is 14.8 Å². The first kappa shape index (κ1) is 14.1. The quantitative estimate of drug-likeness (QED) is 0.517. The van der Waals surface area contributed by atoms with E-state index in [9.17, 15) is 0 Å². The lowest BCUT2D eigenvalue weighted by Crippen LogP contribution is -2.10. The molecule has 0 bridgehead atoms. The maximum Gasteiger partial charge on any atom is 0.191 e. The molecule has 5 nitrogen and oxygen atoms in total. The molecule has 3 N–H and O–H groups in total. The molecule has 0 amide bonds. The van der Waals surface area contributed by atoms with Gasteiger partial charge in [0.2, 0.25) is 0 Å². The van der Waals surface area contributed by atoms with Crippen LogP contribution in [0.4, 0.5) is 0 Å². The standard InChI is InChI=1S/C15H19N5S/c16-14(17)12-7-5-11(6-8-12)10-21-15-19-18-13-4-2-1-3-9-20(13)15/h5-8H,1-4,9-10H2,(H3,16,17). The van der Waals surface area contributed by atoms with Crippen LogP contribution in [0.5, 0.6) is 0 Å². The maximum absolute atomic E-state index is 7.40. The first-order valence-corrected chi connectivity index (χ1v) is 8.21. The Morgan fingerprint density at radius 1 is 1.19 bits per heavy atom. The number of nitrogens with one attached hydrogen (secondary N) is 1. The van der Waals surface area contributed by atoms with Gasteiger partial charge in [-0.05, 0) is 18.4 Å². The van der Waals surface area contributed by atoms with Crippen LogP contribution in [0.2, 0.25) is 0 Å². The van der Waals surface area contributed by atoms with Crippen molar-refractivity contribution >= 4 is 17.6 Å². The number of thioether (sulfide) groups is 1. The molecule has 0 atom stereocenters. The molecule has 2 aromatic rings. The lowest BCUT2D eigenvalue weighted by molar-refractivity contribution is 0.591. The zero-order valence-electron chi connectivity index (χ0n) is 11.9. The lowest BCUT2D eigenvalue weighted by atomic mass is 10.1. The monoisotopic (exact) mass is 301 g/mol. The molecule has 21 heavy (non-hydrogen) atoms. The molecule has 110 valence electrons. The summed E-state index contributed by atoms with van der Waals surface area (Å²) in [5.74, 6) is 2.09. The van der Waals surface area contributed by atoms with Crippen LogP contribution in [0.3, 0.4) is 0 Å². The van der Waals surface area contributed by atoms with Crippen LogP contribution in [0.25, 0.3) is 0 Å². The van der Waals surface area contributed by atoms with E-state index in [1.807, 2.05) is 24.3 Å². The normalized spacial score (nSPS) is 14.5. The molecule has 6 heteroatoms. The van der Waals surface area contributed by atoms with E-state index in [0.717, 1.165) is 35.3 Å². The van der Waals surface area contributed by atoms with Gasteiger partial charge in [-0.15, -0.1) is 10.2 Å². The summed E-state index contributed by atoms with van der Waals surface area (Å²) < 4.78 is 2.27. The Hall–Kier alpha value is -1.82. The second kappa shape index (κ2) is 6.30. The largest absolute Gasteiger partial charge is 0.384 e. The number of hydrogen-bond acceptors (Lipinski definition) is 4. The highest BCUT2D eigenvalue weighted by Crippen LogP contribution is 2.24. The summed E-state index contributed by atoms with van der Waals surface area (Å²) in [6.07, 6.45) is 4.75. The van der Waals surface area contributed by atoms with Crippen molar-refractivity contribution in [2.24, 2.45) is 5.73 Å². The van der Waals surface area contributed by atoms with E-state index in [1.165, 1.54) is 24.8 Å². The van der Waals surface area contributed by atoms with E-state index < -0.39 is 0 Å². The number of nitrogens with zero attached hydrogens (tertiary/aromatic N) is 3. The fraction of sp³-hybridized carbons (Fsp3) is 0.400. The maximum atomic E-state index is 7.40. The molecule has 1 aliphatic heterocycles. The summed E-state index contributed by atoms with van der Waals surface area (Å²) in [6.45, 7) is 1.04. The molecule has 0 saturated heterocycles. The predicted molar refractivity (Wildman–Crippen MR) is 84.6 cm³/mol. The number of nitrogens with two attached hydrogens (primary N) is 1. The van der Waals surface area contributed by atoms with Gasteiger partial charge in [-0.3, -0.25) is 5.41 Å². The Bertz CT molecular complexity index is 632. The highest BCUT2D eigenvalue weighted by molar-refractivity contribution is 7.98. The van der Waals surface area contributed by atoms with E-state index in [2.05, 4.69) is 14.8 Å².